The molecule has 0 saturated carbocycles. The Morgan fingerprint density at radius 1 is 1.31 bits per heavy atom. The lowest BCUT2D eigenvalue weighted by atomic mass is 9.89. The van der Waals surface area contributed by atoms with Crippen molar-refractivity contribution in [2.45, 2.75) is 6.42 Å². The van der Waals surface area contributed by atoms with Crippen molar-refractivity contribution in [3.8, 4) is 6.07 Å². The van der Waals surface area contributed by atoms with Gasteiger partial charge in [-0.2, -0.15) is 5.26 Å². The second-order valence-corrected chi connectivity index (χ2v) is 4.42. The Hall–Kier alpha value is -0.590. The number of hydrogen-bond acceptors (Lipinski definition) is 3. The minimum atomic E-state index is 0.622. The van der Waals surface area contributed by atoms with Gasteiger partial charge < -0.3 is 4.90 Å². The number of likely N-dealkylation sites (tertiary alicyclic amines) is 2. The molecule has 0 aromatic heterocycles. The fraction of sp³-hybridized carbons (Fsp3) is 0.900. The summed E-state index contributed by atoms with van der Waals surface area (Å²) in [6, 6.07) is 2.24. The highest BCUT2D eigenvalue weighted by Gasteiger charge is 2.35. The molecule has 2 atom stereocenters. The molecule has 0 amide bonds. The van der Waals surface area contributed by atoms with Crippen LogP contribution >= 0.6 is 0 Å². The van der Waals surface area contributed by atoms with Crippen LogP contribution in [-0.4, -0.2) is 49.6 Å². The predicted octanol–water partition coefficient (Wildman–Crippen LogP) is 0.393. The summed E-state index contributed by atoms with van der Waals surface area (Å²) in [6.45, 7) is 5.39. The van der Waals surface area contributed by atoms with Crippen molar-refractivity contribution in [2.24, 2.45) is 11.8 Å². The van der Waals surface area contributed by atoms with Gasteiger partial charge in [0.1, 0.15) is 0 Å². The first-order chi connectivity index (χ1) is 6.29. The van der Waals surface area contributed by atoms with Crippen LogP contribution in [0.4, 0.5) is 0 Å². The summed E-state index contributed by atoms with van der Waals surface area (Å²) >= 11 is 0. The van der Waals surface area contributed by atoms with E-state index in [0.717, 1.165) is 24.9 Å². The molecule has 2 aliphatic heterocycles. The molecule has 2 unspecified atom stereocenters. The fourth-order valence-corrected chi connectivity index (χ4v) is 2.68. The molecule has 13 heavy (non-hydrogen) atoms. The third-order valence-corrected chi connectivity index (χ3v) is 3.37. The molecule has 2 saturated heterocycles. The van der Waals surface area contributed by atoms with Crippen LogP contribution in [0.1, 0.15) is 6.42 Å². The first kappa shape index (κ1) is 8.98. The lowest BCUT2D eigenvalue weighted by molar-refractivity contribution is 0.178. The summed E-state index contributed by atoms with van der Waals surface area (Å²) in [6.07, 6.45) is 1.32. The lowest BCUT2D eigenvalue weighted by Crippen LogP contribution is -2.37. The molecular weight excluding hydrogens is 162 g/mol. The van der Waals surface area contributed by atoms with E-state index in [9.17, 15) is 0 Å². The second-order valence-electron chi connectivity index (χ2n) is 4.42. The van der Waals surface area contributed by atoms with Crippen LogP contribution in [0.5, 0.6) is 0 Å². The van der Waals surface area contributed by atoms with Crippen molar-refractivity contribution in [1.29, 1.82) is 5.26 Å². The largest absolute Gasteiger partial charge is 0.306 e. The lowest BCUT2D eigenvalue weighted by Gasteiger charge is -2.31. The third-order valence-electron chi connectivity index (χ3n) is 3.37. The van der Waals surface area contributed by atoms with Gasteiger partial charge in [0.2, 0.25) is 0 Å². The SMILES string of the molecule is CN1CCC2CN(CC#N)CC2C1. The highest BCUT2D eigenvalue weighted by Crippen LogP contribution is 2.29. The van der Waals surface area contributed by atoms with E-state index in [1.807, 2.05) is 0 Å². The summed E-state index contributed by atoms with van der Waals surface area (Å²) in [5.41, 5.74) is 0. The maximum Gasteiger partial charge on any atom is 0.0866 e. The monoisotopic (exact) mass is 179 g/mol. The van der Waals surface area contributed by atoms with E-state index in [1.54, 1.807) is 0 Å². The summed E-state index contributed by atoms with van der Waals surface area (Å²) < 4.78 is 0. The van der Waals surface area contributed by atoms with E-state index in [1.165, 1.54) is 19.5 Å². The van der Waals surface area contributed by atoms with E-state index in [4.69, 9.17) is 5.26 Å². The molecular formula is C10H17N3. The van der Waals surface area contributed by atoms with Gasteiger partial charge in [-0.05, 0) is 31.8 Å². The van der Waals surface area contributed by atoms with Crippen molar-refractivity contribution in [3.63, 3.8) is 0 Å². The van der Waals surface area contributed by atoms with Gasteiger partial charge in [-0.3, -0.25) is 4.90 Å². The number of hydrogen-bond donors (Lipinski definition) is 0. The molecule has 2 fully saturated rings. The Morgan fingerprint density at radius 3 is 2.85 bits per heavy atom. The van der Waals surface area contributed by atoms with Gasteiger partial charge in [0.25, 0.3) is 0 Å². The molecule has 3 nitrogen and oxygen atoms in total. The standard InChI is InChI=1S/C10H17N3/c1-12-4-2-9-7-13(5-3-11)8-10(9)6-12/h9-10H,2,4-8H2,1H3. The minimum absolute atomic E-state index is 0.622. The molecule has 0 N–H and O–H groups in total. The number of fused-ring (bicyclic) bond motifs is 1. The van der Waals surface area contributed by atoms with Gasteiger partial charge in [0.15, 0.2) is 0 Å². The molecule has 2 aliphatic rings. The topological polar surface area (TPSA) is 30.3 Å². The number of nitriles is 1. The number of piperidine rings is 1. The van der Waals surface area contributed by atoms with Gasteiger partial charge >= 0.3 is 0 Å². The molecule has 0 aliphatic carbocycles. The van der Waals surface area contributed by atoms with Crippen LogP contribution < -0.4 is 0 Å². The highest BCUT2D eigenvalue weighted by molar-refractivity contribution is 4.91. The second kappa shape index (κ2) is 3.65. The van der Waals surface area contributed by atoms with Crippen molar-refractivity contribution in [2.75, 3.05) is 39.8 Å². The summed E-state index contributed by atoms with van der Waals surface area (Å²) in [4.78, 5) is 4.71. The number of rotatable bonds is 1. The molecule has 2 heterocycles. The minimum Gasteiger partial charge on any atom is -0.306 e. The van der Waals surface area contributed by atoms with Crippen molar-refractivity contribution < 1.29 is 0 Å². The van der Waals surface area contributed by atoms with Crippen LogP contribution in [-0.2, 0) is 0 Å². The fourth-order valence-electron chi connectivity index (χ4n) is 2.68. The highest BCUT2D eigenvalue weighted by atomic mass is 15.2. The van der Waals surface area contributed by atoms with Crippen LogP contribution in [0.25, 0.3) is 0 Å². The zero-order valence-corrected chi connectivity index (χ0v) is 8.24. The zero-order chi connectivity index (χ0) is 9.26. The maximum absolute atomic E-state index is 8.61. The molecule has 2 rings (SSSR count). The molecule has 72 valence electrons. The van der Waals surface area contributed by atoms with Gasteiger partial charge in [-0.15, -0.1) is 0 Å². The van der Waals surface area contributed by atoms with Crippen molar-refractivity contribution in [1.82, 2.24) is 9.80 Å². The van der Waals surface area contributed by atoms with Crippen LogP contribution in [0.15, 0.2) is 0 Å². The van der Waals surface area contributed by atoms with Crippen molar-refractivity contribution >= 4 is 0 Å². The Labute approximate surface area is 79.9 Å². The van der Waals surface area contributed by atoms with Crippen LogP contribution in [0.2, 0.25) is 0 Å². The molecule has 0 radical (unpaired) electrons. The van der Waals surface area contributed by atoms with Crippen molar-refractivity contribution in [3.05, 3.63) is 0 Å². The Morgan fingerprint density at radius 2 is 2.08 bits per heavy atom. The number of nitrogens with zero attached hydrogens (tertiary/aromatic N) is 3. The van der Waals surface area contributed by atoms with Gasteiger partial charge in [0, 0.05) is 19.6 Å². The summed E-state index contributed by atoms with van der Waals surface area (Å²) in [7, 11) is 2.20. The van der Waals surface area contributed by atoms with E-state index in [0.29, 0.717) is 6.54 Å². The average molecular weight is 179 g/mol. The Balaban J connectivity index is 1.91. The molecule has 3 heteroatoms. The van der Waals surface area contributed by atoms with Gasteiger partial charge in [-0.1, -0.05) is 0 Å². The predicted molar refractivity (Wildman–Crippen MR) is 51.1 cm³/mol. The van der Waals surface area contributed by atoms with E-state index < -0.39 is 0 Å². The molecule has 0 aromatic carbocycles. The van der Waals surface area contributed by atoms with E-state index >= 15 is 0 Å². The molecule has 0 spiro atoms. The average Bonchev–Trinajstić information content (AvgIpc) is 2.46. The molecule has 0 bridgehead atoms. The van der Waals surface area contributed by atoms with Gasteiger partial charge in [0.05, 0.1) is 12.6 Å². The Bertz CT molecular complexity index is 221. The first-order valence-electron chi connectivity index (χ1n) is 5.07. The van der Waals surface area contributed by atoms with Gasteiger partial charge in [-0.25, -0.2) is 0 Å². The third kappa shape index (κ3) is 1.84. The smallest absolute Gasteiger partial charge is 0.0866 e. The quantitative estimate of drug-likeness (QED) is 0.546. The summed E-state index contributed by atoms with van der Waals surface area (Å²) in [5.74, 6) is 1.69. The first-order valence-corrected chi connectivity index (χ1v) is 5.07. The summed E-state index contributed by atoms with van der Waals surface area (Å²) in [5, 5.41) is 8.61. The van der Waals surface area contributed by atoms with E-state index in [2.05, 4.69) is 22.9 Å². The van der Waals surface area contributed by atoms with Crippen LogP contribution in [0.3, 0.4) is 0 Å². The zero-order valence-electron chi connectivity index (χ0n) is 8.24. The van der Waals surface area contributed by atoms with E-state index in [-0.39, 0.29) is 0 Å². The molecule has 0 aromatic rings. The normalized spacial score (nSPS) is 35.7. The van der Waals surface area contributed by atoms with Crippen LogP contribution in [0, 0.1) is 23.2 Å². The Kier molecular flexibility index (Phi) is 2.52. The maximum atomic E-state index is 8.61.